The summed E-state index contributed by atoms with van der Waals surface area (Å²) >= 11 is 3.31. The van der Waals surface area contributed by atoms with Crippen molar-refractivity contribution in [3.63, 3.8) is 0 Å². The predicted octanol–water partition coefficient (Wildman–Crippen LogP) is 1.97. The summed E-state index contributed by atoms with van der Waals surface area (Å²) < 4.78 is 5.59. The van der Waals surface area contributed by atoms with Crippen LogP contribution in [-0.2, 0) is 19.1 Å². The number of carbonyl (C=O) groups excluding carboxylic acids is 3. The van der Waals surface area contributed by atoms with Crippen LogP contribution < -0.4 is 10.6 Å². The molecule has 1 aromatic carbocycles. The van der Waals surface area contributed by atoms with Crippen LogP contribution in [0.15, 0.2) is 40.0 Å². The third-order valence-corrected chi connectivity index (χ3v) is 3.83. The van der Waals surface area contributed by atoms with Crippen molar-refractivity contribution in [1.29, 1.82) is 0 Å². The molecule has 1 aliphatic rings. The number of anilines is 1. The van der Waals surface area contributed by atoms with E-state index < -0.39 is 17.8 Å². The molecule has 2 rings (SSSR count). The third-order valence-electron chi connectivity index (χ3n) is 3.30. The van der Waals surface area contributed by atoms with Crippen LogP contribution in [0.1, 0.15) is 13.3 Å². The molecule has 6 nitrogen and oxygen atoms in total. The quantitative estimate of drug-likeness (QED) is 0.801. The van der Waals surface area contributed by atoms with E-state index >= 15 is 0 Å². The van der Waals surface area contributed by atoms with Gasteiger partial charge < -0.3 is 15.4 Å². The summed E-state index contributed by atoms with van der Waals surface area (Å²) in [6.45, 7) is 1.57. The number of esters is 1. The van der Waals surface area contributed by atoms with Gasteiger partial charge in [-0.25, -0.2) is 4.79 Å². The van der Waals surface area contributed by atoms with Gasteiger partial charge in [-0.3, -0.25) is 9.59 Å². The van der Waals surface area contributed by atoms with E-state index in [-0.39, 0.29) is 17.9 Å². The molecule has 1 atom stereocenters. The van der Waals surface area contributed by atoms with Crippen LogP contribution in [0, 0.1) is 5.92 Å². The number of methoxy groups -OCH3 is 1. The fourth-order valence-electron chi connectivity index (χ4n) is 2.27. The van der Waals surface area contributed by atoms with Crippen LogP contribution in [0.25, 0.3) is 0 Å². The second-order valence-electron chi connectivity index (χ2n) is 4.83. The summed E-state index contributed by atoms with van der Waals surface area (Å²) in [5.74, 6) is -2.21. The number of amides is 2. The molecule has 0 bridgehead atoms. The van der Waals surface area contributed by atoms with Gasteiger partial charge in [0.05, 0.1) is 18.6 Å². The van der Waals surface area contributed by atoms with Crippen LogP contribution in [0.5, 0.6) is 0 Å². The van der Waals surface area contributed by atoms with Crippen molar-refractivity contribution in [1.82, 2.24) is 5.32 Å². The minimum atomic E-state index is -0.871. The zero-order chi connectivity index (χ0) is 16.3. The maximum Gasteiger partial charge on any atom is 0.336 e. The third kappa shape index (κ3) is 3.54. The first-order valence-electron chi connectivity index (χ1n) is 6.57. The first-order valence-corrected chi connectivity index (χ1v) is 7.37. The molecule has 2 amide bonds. The number of rotatable bonds is 3. The van der Waals surface area contributed by atoms with E-state index in [1.165, 1.54) is 7.11 Å². The normalized spacial score (nSPS) is 17.8. The fourth-order valence-corrected chi connectivity index (χ4v) is 2.53. The lowest BCUT2D eigenvalue weighted by Crippen LogP contribution is -2.40. The van der Waals surface area contributed by atoms with Gasteiger partial charge in [-0.05, 0) is 31.2 Å². The van der Waals surface area contributed by atoms with Gasteiger partial charge >= 0.3 is 5.97 Å². The number of hydrogen-bond donors (Lipinski definition) is 2. The Hall–Kier alpha value is -2.15. The molecule has 0 saturated heterocycles. The maximum absolute atomic E-state index is 12.4. The Morgan fingerprint density at radius 1 is 1.32 bits per heavy atom. The number of allylic oxidation sites excluding steroid dienone is 1. The van der Waals surface area contributed by atoms with E-state index in [0.717, 1.165) is 4.47 Å². The summed E-state index contributed by atoms with van der Waals surface area (Å²) in [5, 5.41) is 5.26. The van der Waals surface area contributed by atoms with Crippen LogP contribution in [0.2, 0.25) is 0 Å². The van der Waals surface area contributed by atoms with Crippen molar-refractivity contribution in [2.24, 2.45) is 5.92 Å². The first-order chi connectivity index (χ1) is 10.4. The molecule has 22 heavy (non-hydrogen) atoms. The monoisotopic (exact) mass is 366 g/mol. The summed E-state index contributed by atoms with van der Waals surface area (Å²) in [6, 6.07) is 7.01. The van der Waals surface area contributed by atoms with Gasteiger partial charge in [-0.15, -0.1) is 0 Å². The van der Waals surface area contributed by atoms with Gasteiger partial charge in [0.2, 0.25) is 11.8 Å². The molecule has 0 unspecified atom stereocenters. The average Bonchev–Trinajstić information content (AvgIpc) is 2.48. The predicted molar refractivity (Wildman–Crippen MR) is 83.7 cm³/mol. The number of benzene rings is 1. The van der Waals surface area contributed by atoms with Gasteiger partial charge in [0, 0.05) is 22.3 Å². The Morgan fingerprint density at radius 3 is 2.55 bits per heavy atom. The highest BCUT2D eigenvalue weighted by molar-refractivity contribution is 9.10. The Bertz CT molecular complexity index is 652. The molecule has 1 heterocycles. The Morgan fingerprint density at radius 2 is 1.95 bits per heavy atom. The zero-order valence-corrected chi connectivity index (χ0v) is 13.7. The molecule has 2 N–H and O–H groups in total. The molecule has 0 aliphatic carbocycles. The topological polar surface area (TPSA) is 84.5 Å². The molecular formula is C15H15BrN2O4. The van der Waals surface area contributed by atoms with Crippen LogP contribution in [0.3, 0.4) is 0 Å². The highest BCUT2D eigenvalue weighted by atomic mass is 79.9. The van der Waals surface area contributed by atoms with Crippen LogP contribution in [-0.4, -0.2) is 24.9 Å². The highest BCUT2D eigenvalue weighted by Crippen LogP contribution is 2.26. The lowest BCUT2D eigenvalue weighted by atomic mass is 9.89. The molecule has 0 aromatic heterocycles. The molecule has 116 valence electrons. The number of halogens is 1. The Kier molecular flexibility index (Phi) is 4.97. The molecule has 0 saturated carbocycles. The highest BCUT2D eigenvalue weighted by Gasteiger charge is 2.36. The first kappa shape index (κ1) is 16.2. The van der Waals surface area contributed by atoms with Crippen molar-refractivity contribution < 1.29 is 19.1 Å². The second-order valence-corrected chi connectivity index (χ2v) is 5.75. The van der Waals surface area contributed by atoms with E-state index in [1.54, 1.807) is 31.2 Å². The Balaban J connectivity index is 2.25. The molecule has 0 spiro atoms. The number of ether oxygens (including phenoxy) is 1. The fraction of sp³-hybridized carbons (Fsp3) is 0.267. The maximum atomic E-state index is 12.4. The van der Waals surface area contributed by atoms with Gasteiger partial charge in [0.25, 0.3) is 0 Å². The minimum Gasteiger partial charge on any atom is -0.466 e. The second kappa shape index (κ2) is 6.74. The molecule has 1 aromatic rings. The average molecular weight is 367 g/mol. The molecule has 0 fully saturated rings. The summed E-state index contributed by atoms with van der Waals surface area (Å²) in [6.07, 6.45) is -0.0931. The smallest absolute Gasteiger partial charge is 0.336 e. The van der Waals surface area contributed by atoms with Crippen LogP contribution in [0.4, 0.5) is 5.69 Å². The van der Waals surface area contributed by atoms with Crippen molar-refractivity contribution >= 4 is 39.4 Å². The van der Waals surface area contributed by atoms with E-state index in [2.05, 4.69) is 26.6 Å². The molecule has 0 radical (unpaired) electrons. The van der Waals surface area contributed by atoms with Crippen molar-refractivity contribution in [2.45, 2.75) is 13.3 Å². The van der Waals surface area contributed by atoms with Crippen molar-refractivity contribution in [3.8, 4) is 0 Å². The van der Waals surface area contributed by atoms with E-state index in [0.29, 0.717) is 11.4 Å². The summed E-state index contributed by atoms with van der Waals surface area (Å²) in [4.78, 5) is 36.0. The number of nitrogens with one attached hydrogen (secondary N) is 2. The van der Waals surface area contributed by atoms with Crippen LogP contribution >= 0.6 is 15.9 Å². The lowest BCUT2D eigenvalue weighted by molar-refractivity contribution is -0.139. The largest absolute Gasteiger partial charge is 0.466 e. The zero-order valence-electron chi connectivity index (χ0n) is 12.1. The van der Waals surface area contributed by atoms with E-state index in [4.69, 9.17) is 4.74 Å². The summed E-state index contributed by atoms with van der Waals surface area (Å²) in [5.41, 5.74) is 1.11. The van der Waals surface area contributed by atoms with Gasteiger partial charge in [-0.2, -0.15) is 0 Å². The van der Waals surface area contributed by atoms with Gasteiger partial charge in [0.15, 0.2) is 0 Å². The minimum absolute atomic E-state index is 0.0931. The SMILES string of the molecule is COC(=O)C1=C(C)NC(=O)C[C@@H]1C(=O)Nc1ccc(Br)cc1. The molecule has 7 heteroatoms. The molecule has 1 aliphatic heterocycles. The van der Waals surface area contributed by atoms with Crippen molar-refractivity contribution in [3.05, 3.63) is 40.0 Å². The van der Waals surface area contributed by atoms with Gasteiger partial charge in [-0.1, -0.05) is 15.9 Å². The van der Waals surface area contributed by atoms with E-state index in [1.807, 2.05) is 0 Å². The lowest BCUT2D eigenvalue weighted by Gasteiger charge is -2.25. The van der Waals surface area contributed by atoms with Gasteiger partial charge in [0.1, 0.15) is 0 Å². The molecular weight excluding hydrogens is 352 g/mol. The summed E-state index contributed by atoms with van der Waals surface area (Å²) in [7, 11) is 1.24. The number of hydrogen-bond acceptors (Lipinski definition) is 4. The van der Waals surface area contributed by atoms with Crippen molar-refractivity contribution in [2.75, 3.05) is 12.4 Å². The number of carbonyl (C=O) groups is 3. The van der Waals surface area contributed by atoms with E-state index in [9.17, 15) is 14.4 Å². The Labute approximate surface area is 136 Å². The standard InChI is InChI=1S/C15H15BrN2O4/c1-8-13(15(21)22-2)11(7-12(19)17-8)14(20)18-10-5-3-9(16)4-6-10/h3-6,11H,7H2,1-2H3,(H,17,19)(H,18,20)/t11-/m0/s1.